The molecule has 6 nitrogen and oxygen atoms in total. The second-order valence-corrected chi connectivity index (χ2v) is 6.83. The molecule has 0 aliphatic rings. The molecule has 2 aromatic heterocycles. The Hall–Kier alpha value is -2.38. The molecule has 8 heteroatoms. The van der Waals surface area contributed by atoms with Crippen molar-refractivity contribution in [2.24, 2.45) is 0 Å². The molecular weight excluding hydrogens is 348 g/mol. The number of carbonyl (C=O) groups excluding carboxylic acids is 1. The van der Waals surface area contributed by atoms with Crippen LogP contribution in [0.2, 0.25) is 5.02 Å². The molecule has 124 valence electrons. The highest BCUT2D eigenvalue weighted by Gasteiger charge is 2.13. The van der Waals surface area contributed by atoms with Crippen LogP contribution in [0.25, 0.3) is 10.9 Å². The van der Waals surface area contributed by atoms with Crippen molar-refractivity contribution in [3.8, 4) is 0 Å². The van der Waals surface area contributed by atoms with Gasteiger partial charge in [0.2, 0.25) is 5.91 Å². The monoisotopic (exact) mass is 362 g/mol. The van der Waals surface area contributed by atoms with E-state index in [4.69, 9.17) is 11.6 Å². The summed E-state index contributed by atoms with van der Waals surface area (Å²) < 4.78 is 0. The van der Waals surface area contributed by atoms with Crippen molar-refractivity contribution in [1.29, 1.82) is 0 Å². The second kappa shape index (κ2) is 6.62. The first-order valence-electron chi connectivity index (χ1n) is 7.25. The van der Waals surface area contributed by atoms with Crippen molar-refractivity contribution in [3.05, 3.63) is 51.4 Å². The minimum absolute atomic E-state index is 0.152. The number of nitrogens with one attached hydrogen (secondary N) is 3. The minimum atomic E-state index is -0.256. The lowest BCUT2D eigenvalue weighted by atomic mass is 10.1. The fraction of sp³-hybridized carbons (Fsp3) is 0.188. The van der Waals surface area contributed by atoms with E-state index in [9.17, 15) is 9.59 Å². The Morgan fingerprint density at radius 3 is 2.92 bits per heavy atom. The number of rotatable bonds is 4. The minimum Gasteiger partial charge on any atom is -0.355 e. The summed E-state index contributed by atoms with van der Waals surface area (Å²) in [5.41, 5.74) is 1.16. The largest absolute Gasteiger partial charge is 0.355 e. The summed E-state index contributed by atoms with van der Waals surface area (Å²) in [6, 6.07) is 6.89. The molecule has 0 spiro atoms. The maximum atomic E-state index is 12.3. The molecule has 1 atom stereocenters. The lowest BCUT2D eigenvalue weighted by molar-refractivity contribution is -0.114. The molecule has 0 fully saturated rings. The summed E-state index contributed by atoms with van der Waals surface area (Å²) in [5, 5.41) is 8.60. The van der Waals surface area contributed by atoms with Gasteiger partial charge in [-0.1, -0.05) is 22.9 Å². The molecule has 3 rings (SSSR count). The van der Waals surface area contributed by atoms with Gasteiger partial charge in [0, 0.05) is 28.4 Å². The first-order valence-corrected chi connectivity index (χ1v) is 8.44. The predicted molar refractivity (Wildman–Crippen MR) is 98.0 cm³/mol. The number of fused-ring (bicyclic) bond motifs is 1. The topological polar surface area (TPSA) is 86.9 Å². The van der Waals surface area contributed by atoms with Gasteiger partial charge in [-0.2, -0.15) is 0 Å². The zero-order valence-electron chi connectivity index (χ0n) is 13.0. The van der Waals surface area contributed by atoms with Gasteiger partial charge in [-0.3, -0.25) is 9.59 Å². The Morgan fingerprint density at radius 2 is 2.17 bits per heavy atom. The molecule has 1 aromatic carbocycles. The number of benzene rings is 1. The van der Waals surface area contributed by atoms with Gasteiger partial charge in [-0.15, -0.1) is 0 Å². The van der Waals surface area contributed by atoms with Crippen LogP contribution in [0.3, 0.4) is 0 Å². The Morgan fingerprint density at radius 1 is 1.38 bits per heavy atom. The first kappa shape index (κ1) is 16.5. The van der Waals surface area contributed by atoms with E-state index in [1.807, 2.05) is 13.0 Å². The molecule has 3 N–H and O–H groups in total. The maximum Gasteiger partial charge on any atom is 0.253 e. The number of thiazole rings is 1. The quantitative estimate of drug-likeness (QED) is 0.659. The lowest BCUT2D eigenvalue weighted by Crippen LogP contribution is -2.19. The molecule has 0 aliphatic carbocycles. The molecule has 1 unspecified atom stereocenters. The van der Waals surface area contributed by atoms with Crippen LogP contribution in [-0.2, 0) is 4.79 Å². The third kappa shape index (κ3) is 3.58. The Kier molecular flexibility index (Phi) is 4.55. The molecule has 0 saturated heterocycles. The van der Waals surface area contributed by atoms with Crippen LogP contribution < -0.4 is 16.2 Å². The number of halogens is 1. The number of anilines is 2. The molecule has 24 heavy (non-hydrogen) atoms. The normalized spacial score (nSPS) is 12.1. The number of aromatic amines is 1. The number of aromatic nitrogens is 2. The van der Waals surface area contributed by atoms with Crippen molar-refractivity contribution in [2.75, 3.05) is 10.6 Å². The third-order valence-corrected chi connectivity index (χ3v) is 4.53. The first-order chi connectivity index (χ1) is 11.4. The molecule has 0 saturated carbocycles. The summed E-state index contributed by atoms with van der Waals surface area (Å²) in [5.74, 6) is -0.152. The smallest absolute Gasteiger partial charge is 0.253 e. The highest BCUT2D eigenvalue weighted by atomic mass is 35.5. The fourth-order valence-electron chi connectivity index (χ4n) is 2.35. The summed E-state index contributed by atoms with van der Waals surface area (Å²) in [6.07, 6.45) is 1.57. The Balaban J connectivity index is 1.86. The maximum absolute atomic E-state index is 12.3. The van der Waals surface area contributed by atoms with Crippen LogP contribution in [0, 0.1) is 0 Å². The number of hydrogen-bond acceptors (Lipinski definition) is 5. The highest BCUT2D eigenvalue weighted by molar-refractivity contribution is 7.19. The van der Waals surface area contributed by atoms with Gasteiger partial charge in [0.05, 0.1) is 12.2 Å². The Labute approximate surface area is 146 Å². The number of H-pyrrole nitrogens is 1. The van der Waals surface area contributed by atoms with Gasteiger partial charge in [-0.05, 0) is 31.2 Å². The summed E-state index contributed by atoms with van der Waals surface area (Å²) in [4.78, 5) is 30.4. The number of carbonyl (C=O) groups is 1. The van der Waals surface area contributed by atoms with Gasteiger partial charge in [0.1, 0.15) is 5.00 Å². The number of amides is 1. The standard InChI is InChI=1S/C16H15ClN4O2S/c1-8(19-16-18-7-14(24-16)20-9(2)22)12-6-10-5-11(17)3-4-13(10)21-15(12)23/h3-8H,1-2H3,(H,18,19)(H,20,22)(H,21,23). The highest BCUT2D eigenvalue weighted by Crippen LogP contribution is 2.27. The molecule has 3 aromatic rings. The number of hydrogen-bond donors (Lipinski definition) is 3. The van der Waals surface area contributed by atoms with Crippen LogP contribution in [0.15, 0.2) is 35.3 Å². The number of nitrogens with zero attached hydrogens (tertiary/aromatic N) is 1. The zero-order valence-corrected chi connectivity index (χ0v) is 14.6. The van der Waals surface area contributed by atoms with Crippen molar-refractivity contribution in [1.82, 2.24) is 9.97 Å². The van der Waals surface area contributed by atoms with Crippen LogP contribution >= 0.6 is 22.9 Å². The van der Waals surface area contributed by atoms with E-state index in [1.54, 1.807) is 24.4 Å². The third-order valence-electron chi connectivity index (χ3n) is 3.45. The van der Waals surface area contributed by atoms with Crippen molar-refractivity contribution < 1.29 is 4.79 Å². The zero-order chi connectivity index (χ0) is 17.3. The molecule has 1 amide bonds. The van der Waals surface area contributed by atoms with Gasteiger partial charge in [-0.25, -0.2) is 4.98 Å². The Bertz CT molecular complexity index is 966. The number of pyridine rings is 1. The van der Waals surface area contributed by atoms with E-state index in [0.717, 1.165) is 10.9 Å². The summed E-state index contributed by atoms with van der Waals surface area (Å²) in [7, 11) is 0. The van der Waals surface area contributed by atoms with Crippen LogP contribution in [0.1, 0.15) is 25.5 Å². The molecule has 0 aliphatic heterocycles. The van der Waals surface area contributed by atoms with Gasteiger partial charge >= 0.3 is 0 Å². The molecular formula is C16H15ClN4O2S. The van der Waals surface area contributed by atoms with E-state index in [1.165, 1.54) is 18.3 Å². The predicted octanol–water partition coefficient (Wildman–Crippen LogP) is 3.77. The van der Waals surface area contributed by atoms with Gasteiger partial charge in [0.25, 0.3) is 5.56 Å². The van der Waals surface area contributed by atoms with Crippen LogP contribution in [0.4, 0.5) is 10.1 Å². The average molecular weight is 363 g/mol. The van der Waals surface area contributed by atoms with Gasteiger partial charge < -0.3 is 15.6 Å². The summed E-state index contributed by atoms with van der Waals surface area (Å²) in [6.45, 7) is 3.32. The SMILES string of the molecule is CC(=O)Nc1cnc(NC(C)c2cc3cc(Cl)ccc3[nH]c2=O)s1. The molecule has 0 bridgehead atoms. The van der Waals surface area contributed by atoms with E-state index >= 15 is 0 Å². The fourth-order valence-corrected chi connectivity index (χ4v) is 3.38. The van der Waals surface area contributed by atoms with E-state index in [2.05, 4.69) is 20.6 Å². The second-order valence-electron chi connectivity index (χ2n) is 5.36. The van der Waals surface area contributed by atoms with E-state index in [0.29, 0.717) is 20.7 Å². The van der Waals surface area contributed by atoms with Gasteiger partial charge in [0.15, 0.2) is 5.13 Å². The molecule has 2 heterocycles. The van der Waals surface area contributed by atoms with Crippen molar-refractivity contribution >= 4 is 49.9 Å². The summed E-state index contributed by atoms with van der Waals surface area (Å²) >= 11 is 7.32. The van der Waals surface area contributed by atoms with Crippen molar-refractivity contribution in [3.63, 3.8) is 0 Å². The van der Waals surface area contributed by atoms with E-state index in [-0.39, 0.29) is 17.5 Å². The van der Waals surface area contributed by atoms with Crippen LogP contribution in [0.5, 0.6) is 0 Å². The van der Waals surface area contributed by atoms with Crippen molar-refractivity contribution in [2.45, 2.75) is 19.9 Å². The average Bonchev–Trinajstić information content (AvgIpc) is 2.93. The van der Waals surface area contributed by atoms with E-state index < -0.39 is 0 Å². The lowest BCUT2D eigenvalue weighted by Gasteiger charge is -2.13. The van der Waals surface area contributed by atoms with Crippen LogP contribution in [-0.4, -0.2) is 15.9 Å². The molecule has 0 radical (unpaired) electrons.